The van der Waals surface area contributed by atoms with Gasteiger partial charge in [0.05, 0.1) is 5.56 Å². The molecule has 0 spiro atoms. The number of ether oxygens (including phenoxy) is 1. The van der Waals surface area contributed by atoms with Gasteiger partial charge in [0, 0.05) is 5.56 Å². The highest BCUT2D eigenvalue weighted by Gasteiger charge is 2.35. The predicted molar refractivity (Wildman–Crippen MR) is 53.1 cm³/mol. The number of aliphatic carboxylic acids is 1. The highest BCUT2D eigenvalue weighted by molar-refractivity contribution is 5.93. The van der Waals surface area contributed by atoms with E-state index >= 15 is 0 Å². The highest BCUT2D eigenvalue weighted by atomic mass is 19.4. The Bertz CT molecular complexity index is 485. The van der Waals surface area contributed by atoms with Gasteiger partial charge in [-0.15, -0.1) is 0 Å². The Morgan fingerprint density at radius 1 is 1.33 bits per heavy atom. The summed E-state index contributed by atoms with van der Waals surface area (Å²) in [5.41, 5.74) is 3.26. The van der Waals surface area contributed by atoms with E-state index in [-0.39, 0.29) is 5.56 Å². The average molecular weight is 263 g/mol. The normalized spacial score (nSPS) is 11.1. The third-order valence-corrected chi connectivity index (χ3v) is 1.92. The summed E-state index contributed by atoms with van der Waals surface area (Å²) < 4.78 is 42.4. The topological polar surface area (TPSA) is 89.6 Å². The molecule has 8 heteroatoms. The first kappa shape index (κ1) is 13.8. The van der Waals surface area contributed by atoms with Crippen molar-refractivity contribution < 1.29 is 32.6 Å². The summed E-state index contributed by atoms with van der Waals surface area (Å²) in [7, 11) is 0. The number of primary amides is 1. The van der Waals surface area contributed by atoms with E-state index < -0.39 is 36.0 Å². The number of carboxylic acids is 1. The number of carboxylic acid groups (broad SMARTS) is 1. The SMILES string of the molecule is NC(=O)c1ccc(OCC(=O)O)c(C(F)(F)F)c1. The molecule has 1 rings (SSSR count). The minimum atomic E-state index is -4.78. The summed E-state index contributed by atoms with van der Waals surface area (Å²) in [6.07, 6.45) is -4.78. The van der Waals surface area contributed by atoms with Crippen molar-refractivity contribution >= 4 is 11.9 Å². The van der Waals surface area contributed by atoms with Crippen LogP contribution in [-0.2, 0) is 11.0 Å². The van der Waals surface area contributed by atoms with E-state index in [1.54, 1.807) is 0 Å². The summed E-state index contributed by atoms with van der Waals surface area (Å²) in [4.78, 5) is 21.0. The molecule has 3 N–H and O–H groups in total. The number of halogens is 3. The molecule has 0 aliphatic carbocycles. The lowest BCUT2D eigenvalue weighted by atomic mass is 10.1. The van der Waals surface area contributed by atoms with Crippen LogP contribution in [0.1, 0.15) is 15.9 Å². The Morgan fingerprint density at radius 3 is 2.39 bits per heavy atom. The van der Waals surface area contributed by atoms with Crippen molar-refractivity contribution in [2.75, 3.05) is 6.61 Å². The number of hydrogen-bond donors (Lipinski definition) is 2. The minimum Gasteiger partial charge on any atom is -0.481 e. The molecule has 1 aromatic carbocycles. The molecule has 5 nitrogen and oxygen atoms in total. The monoisotopic (exact) mass is 263 g/mol. The molecule has 0 aliphatic heterocycles. The largest absolute Gasteiger partial charge is 0.481 e. The van der Waals surface area contributed by atoms with Gasteiger partial charge in [-0.25, -0.2) is 4.79 Å². The van der Waals surface area contributed by atoms with Crippen molar-refractivity contribution in [3.63, 3.8) is 0 Å². The maximum Gasteiger partial charge on any atom is 0.419 e. The lowest BCUT2D eigenvalue weighted by Crippen LogP contribution is -2.16. The first-order chi connectivity index (χ1) is 8.21. The standard InChI is InChI=1S/C10H8F3NO4/c11-10(12,13)6-3-5(9(14)17)1-2-7(6)18-4-8(15)16/h1-3H,4H2,(H2,14,17)(H,15,16). The van der Waals surface area contributed by atoms with Crippen molar-refractivity contribution in [3.05, 3.63) is 29.3 Å². The van der Waals surface area contributed by atoms with Crippen LogP contribution in [0.2, 0.25) is 0 Å². The van der Waals surface area contributed by atoms with Gasteiger partial charge in [0.25, 0.3) is 0 Å². The Balaban J connectivity index is 3.17. The molecule has 0 aliphatic rings. The molecule has 0 saturated carbocycles. The van der Waals surface area contributed by atoms with Gasteiger partial charge in [0.15, 0.2) is 6.61 Å². The summed E-state index contributed by atoms with van der Waals surface area (Å²) >= 11 is 0. The summed E-state index contributed by atoms with van der Waals surface area (Å²) in [5, 5.41) is 8.33. The van der Waals surface area contributed by atoms with Gasteiger partial charge in [-0.05, 0) is 18.2 Å². The maximum atomic E-state index is 12.6. The minimum absolute atomic E-state index is 0.343. The van der Waals surface area contributed by atoms with Gasteiger partial charge < -0.3 is 15.6 Å². The number of benzene rings is 1. The molecule has 1 aromatic rings. The van der Waals surface area contributed by atoms with Crippen molar-refractivity contribution in [2.45, 2.75) is 6.18 Å². The smallest absolute Gasteiger partial charge is 0.419 e. The molecule has 0 heterocycles. The zero-order valence-electron chi connectivity index (χ0n) is 8.82. The van der Waals surface area contributed by atoms with Gasteiger partial charge in [0.2, 0.25) is 5.91 Å². The molecule has 0 fully saturated rings. The number of amides is 1. The molecule has 0 saturated heterocycles. The van der Waals surface area contributed by atoms with Crippen molar-refractivity contribution in [3.8, 4) is 5.75 Å². The fraction of sp³-hybridized carbons (Fsp3) is 0.200. The number of hydrogen-bond acceptors (Lipinski definition) is 3. The molecule has 0 aromatic heterocycles. The molecular weight excluding hydrogens is 255 g/mol. The van der Waals surface area contributed by atoms with Crippen LogP contribution in [0.3, 0.4) is 0 Å². The maximum absolute atomic E-state index is 12.6. The number of alkyl halides is 3. The number of carbonyl (C=O) groups excluding carboxylic acids is 1. The van der Waals surface area contributed by atoms with E-state index in [0.717, 1.165) is 12.1 Å². The van der Waals surface area contributed by atoms with Crippen molar-refractivity contribution in [1.82, 2.24) is 0 Å². The molecular formula is C10H8F3NO4. The third kappa shape index (κ3) is 3.37. The van der Waals surface area contributed by atoms with Gasteiger partial charge >= 0.3 is 12.1 Å². The molecule has 0 radical (unpaired) electrons. The number of rotatable bonds is 4. The van der Waals surface area contributed by atoms with E-state index in [9.17, 15) is 22.8 Å². The first-order valence-electron chi connectivity index (χ1n) is 4.57. The van der Waals surface area contributed by atoms with Crippen LogP contribution in [0.5, 0.6) is 5.75 Å². The third-order valence-electron chi connectivity index (χ3n) is 1.92. The lowest BCUT2D eigenvalue weighted by molar-refractivity contribution is -0.143. The summed E-state index contributed by atoms with van der Waals surface area (Å²) in [5.74, 6) is -3.11. The number of nitrogens with two attached hydrogens (primary N) is 1. The van der Waals surface area contributed by atoms with E-state index in [4.69, 9.17) is 10.8 Å². The van der Waals surface area contributed by atoms with Crippen LogP contribution in [0.15, 0.2) is 18.2 Å². The molecule has 0 bridgehead atoms. The van der Waals surface area contributed by atoms with Crippen molar-refractivity contribution in [1.29, 1.82) is 0 Å². The molecule has 98 valence electrons. The van der Waals surface area contributed by atoms with Gasteiger partial charge in [-0.3, -0.25) is 4.79 Å². The zero-order valence-corrected chi connectivity index (χ0v) is 8.82. The summed E-state index contributed by atoms with van der Waals surface area (Å²) in [6, 6.07) is 2.39. The van der Waals surface area contributed by atoms with Crippen molar-refractivity contribution in [2.24, 2.45) is 5.73 Å². The lowest BCUT2D eigenvalue weighted by Gasteiger charge is -2.13. The van der Waals surface area contributed by atoms with E-state index in [1.165, 1.54) is 0 Å². The molecule has 0 unspecified atom stereocenters. The van der Waals surface area contributed by atoms with E-state index in [1.807, 2.05) is 0 Å². The second-order valence-corrected chi connectivity index (χ2v) is 3.26. The molecule has 1 amide bonds. The summed E-state index contributed by atoms with van der Waals surface area (Å²) in [6.45, 7) is -0.918. The predicted octanol–water partition coefficient (Wildman–Crippen LogP) is 1.27. The van der Waals surface area contributed by atoms with Crippen LogP contribution >= 0.6 is 0 Å². The Hall–Kier alpha value is -2.25. The quantitative estimate of drug-likeness (QED) is 0.855. The van der Waals surface area contributed by atoms with Crippen LogP contribution in [-0.4, -0.2) is 23.6 Å². The second kappa shape index (κ2) is 4.94. The van der Waals surface area contributed by atoms with Crippen LogP contribution in [0, 0.1) is 0 Å². The fourth-order valence-electron chi connectivity index (χ4n) is 1.17. The van der Waals surface area contributed by atoms with Crippen LogP contribution in [0.25, 0.3) is 0 Å². The van der Waals surface area contributed by atoms with E-state index in [2.05, 4.69) is 4.74 Å². The van der Waals surface area contributed by atoms with E-state index in [0.29, 0.717) is 6.07 Å². The molecule has 18 heavy (non-hydrogen) atoms. The number of carbonyl (C=O) groups is 2. The average Bonchev–Trinajstić information content (AvgIpc) is 2.24. The zero-order chi connectivity index (χ0) is 13.9. The van der Waals surface area contributed by atoms with Crippen LogP contribution in [0.4, 0.5) is 13.2 Å². The Labute approximate surface area is 99.0 Å². The second-order valence-electron chi connectivity index (χ2n) is 3.26. The molecule has 0 atom stereocenters. The first-order valence-corrected chi connectivity index (χ1v) is 4.57. The Morgan fingerprint density at radius 2 is 1.94 bits per heavy atom. The van der Waals surface area contributed by atoms with Gasteiger partial charge in [-0.1, -0.05) is 0 Å². The van der Waals surface area contributed by atoms with Gasteiger partial charge in [-0.2, -0.15) is 13.2 Å². The highest BCUT2D eigenvalue weighted by Crippen LogP contribution is 2.36. The van der Waals surface area contributed by atoms with Crippen LogP contribution < -0.4 is 10.5 Å². The fourth-order valence-corrected chi connectivity index (χ4v) is 1.17. The van der Waals surface area contributed by atoms with Gasteiger partial charge in [0.1, 0.15) is 5.75 Å². The Kier molecular flexibility index (Phi) is 3.79.